The molecule has 0 rings (SSSR count). The van der Waals surface area contributed by atoms with E-state index >= 15 is 0 Å². The number of carbonyl (C=O) groups is 1. The molecule has 9 heteroatoms. The van der Waals surface area contributed by atoms with Crippen molar-refractivity contribution in [3.8, 4) is 0 Å². The van der Waals surface area contributed by atoms with E-state index in [1.165, 1.54) is 167 Å². The van der Waals surface area contributed by atoms with E-state index in [1.807, 2.05) is 27.2 Å². The van der Waals surface area contributed by atoms with E-state index in [1.54, 1.807) is 6.08 Å². The number of hydrogen-bond acceptors (Lipinski definition) is 5. The maximum atomic E-state index is 12.9. The first-order valence-corrected chi connectivity index (χ1v) is 25.7. The van der Waals surface area contributed by atoms with Gasteiger partial charge in [0.05, 0.1) is 39.9 Å². The zero-order chi connectivity index (χ0) is 42.1. The number of allylic oxidation sites excluding steroid dienone is 3. The molecule has 0 bridgehead atoms. The van der Waals surface area contributed by atoms with Gasteiger partial charge in [0.1, 0.15) is 13.2 Å². The van der Waals surface area contributed by atoms with Crippen molar-refractivity contribution in [3.63, 3.8) is 0 Å². The molecule has 0 saturated heterocycles. The molecule has 57 heavy (non-hydrogen) atoms. The fourth-order valence-electron chi connectivity index (χ4n) is 7.06. The van der Waals surface area contributed by atoms with Crippen molar-refractivity contribution < 1.29 is 32.9 Å². The molecule has 0 aromatic heterocycles. The van der Waals surface area contributed by atoms with Crippen molar-refractivity contribution in [3.05, 3.63) is 24.3 Å². The van der Waals surface area contributed by atoms with E-state index < -0.39 is 20.0 Å². The Morgan fingerprint density at radius 2 is 0.965 bits per heavy atom. The Bertz CT molecular complexity index is 984. The molecule has 0 aliphatic carbocycles. The van der Waals surface area contributed by atoms with Gasteiger partial charge in [0.15, 0.2) is 0 Å². The predicted octanol–water partition coefficient (Wildman–Crippen LogP) is 13.7. The summed E-state index contributed by atoms with van der Waals surface area (Å²) in [6.07, 6.45) is 48.3. The van der Waals surface area contributed by atoms with Gasteiger partial charge in [0.25, 0.3) is 0 Å². The van der Waals surface area contributed by atoms with Crippen molar-refractivity contribution >= 4 is 13.7 Å². The first-order valence-electron chi connectivity index (χ1n) is 24.2. The lowest BCUT2D eigenvalue weighted by Crippen LogP contribution is -2.45. The fraction of sp³-hybridized carbons (Fsp3) is 0.896. The molecule has 0 aromatic carbocycles. The van der Waals surface area contributed by atoms with Crippen molar-refractivity contribution in [1.29, 1.82) is 0 Å². The van der Waals surface area contributed by atoms with Crippen LogP contribution in [0.2, 0.25) is 0 Å². The number of unbranched alkanes of at least 4 members (excludes halogenated alkanes) is 29. The lowest BCUT2D eigenvalue weighted by Gasteiger charge is -2.25. The molecule has 1 amide bonds. The molecule has 3 N–H and O–H groups in total. The number of nitrogens with zero attached hydrogens (tertiary/aromatic N) is 1. The molecular formula is C48H96N2O6P+. The highest BCUT2D eigenvalue weighted by Gasteiger charge is 2.27. The minimum atomic E-state index is -4.34. The smallest absolute Gasteiger partial charge is 0.387 e. The molecule has 0 fully saturated rings. The van der Waals surface area contributed by atoms with Crippen LogP contribution in [0.5, 0.6) is 0 Å². The van der Waals surface area contributed by atoms with Crippen LogP contribution in [-0.2, 0) is 18.4 Å². The van der Waals surface area contributed by atoms with Crippen LogP contribution >= 0.6 is 7.82 Å². The summed E-state index contributed by atoms with van der Waals surface area (Å²) in [5.41, 5.74) is 0. The highest BCUT2D eigenvalue weighted by atomic mass is 31.2. The lowest BCUT2D eigenvalue weighted by molar-refractivity contribution is -0.870. The molecule has 0 aliphatic heterocycles. The highest BCUT2D eigenvalue weighted by Crippen LogP contribution is 2.43. The first kappa shape index (κ1) is 56.0. The third kappa shape index (κ3) is 42.9. The van der Waals surface area contributed by atoms with Crippen molar-refractivity contribution in [2.45, 2.75) is 238 Å². The summed E-state index contributed by atoms with van der Waals surface area (Å²) in [7, 11) is 1.56. The van der Waals surface area contributed by atoms with E-state index in [4.69, 9.17) is 9.05 Å². The normalized spacial score (nSPS) is 14.4. The summed E-state index contributed by atoms with van der Waals surface area (Å²) in [5.74, 6) is -0.184. The number of rotatable bonds is 44. The van der Waals surface area contributed by atoms with Crippen LogP contribution in [0.1, 0.15) is 226 Å². The number of hydrogen-bond donors (Lipinski definition) is 3. The van der Waals surface area contributed by atoms with Gasteiger partial charge in [-0.05, 0) is 32.1 Å². The van der Waals surface area contributed by atoms with Gasteiger partial charge in [-0.1, -0.05) is 212 Å². The topological polar surface area (TPSA) is 105 Å². The van der Waals surface area contributed by atoms with E-state index in [-0.39, 0.29) is 19.1 Å². The second-order valence-electron chi connectivity index (χ2n) is 17.8. The lowest BCUT2D eigenvalue weighted by atomic mass is 10.0. The van der Waals surface area contributed by atoms with Gasteiger partial charge >= 0.3 is 7.82 Å². The van der Waals surface area contributed by atoms with Crippen LogP contribution < -0.4 is 5.32 Å². The molecule has 3 atom stereocenters. The quantitative estimate of drug-likeness (QED) is 0.0244. The number of nitrogens with one attached hydrogen (secondary N) is 1. The fourth-order valence-corrected chi connectivity index (χ4v) is 7.79. The summed E-state index contributed by atoms with van der Waals surface area (Å²) in [4.78, 5) is 23.1. The number of aliphatic hydroxyl groups is 1. The Morgan fingerprint density at radius 3 is 1.40 bits per heavy atom. The van der Waals surface area contributed by atoms with E-state index in [0.717, 1.165) is 38.5 Å². The molecule has 0 aromatic rings. The van der Waals surface area contributed by atoms with Gasteiger partial charge < -0.3 is 19.8 Å². The van der Waals surface area contributed by atoms with Crippen LogP contribution in [0.25, 0.3) is 0 Å². The second-order valence-corrected chi connectivity index (χ2v) is 19.3. The number of amides is 1. The third-order valence-corrected chi connectivity index (χ3v) is 11.9. The molecule has 0 radical (unpaired) electrons. The molecular weight excluding hydrogens is 732 g/mol. The maximum Gasteiger partial charge on any atom is 0.472 e. The largest absolute Gasteiger partial charge is 0.472 e. The van der Waals surface area contributed by atoms with Crippen LogP contribution in [0.4, 0.5) is 0 Å². The van der Waals surface area contributed by atoms with Gasteiger partial charge in [-0.25, -0.2) is 4.57 Å². The van der Waals surface area contributed by atoms with E-state index in [2.05, 4.69) is 31.3 Å². The monoisotopic (exact) mass is 828 g/mol. The Morgan fingerprint density at radius 1 is 0.579 bits per heavy atom. The van der Waals surface area contributed by atoms with Crippen LogP contribution in [0, 0.1) is 0 Å². The first-order chi connectivity index (χ1) is 27.5. The Balaban J connectivity index is 4.27. The number of quaternary nitrogens is 1. The average molecular weight is 828 g/mol. The maximum absolute atomic E-state index is 12.9. The summed E-state index contributed by atoms with van der Waals surface area (Å²) in [5, 5.41) is 13.8. The number of phosphoric ester groups is 1. The van der Waals surface area contributed by atoms with Crippen molar-refractivity contribution in [2.24, 2.45) is 0 Å². The molecule has 338 valence electrons. The van der Waals surface area contributed by atoms with E-state index in [0.29, 0.717) is 17.4 Å². The Hall–Kier alpha value is -1.02. The summed E-state index contributed by atoms with van der Waals surface area (Å²) >= 11 is 0. The number of aliphatic hydroxyl groups excluding tert-OH is 1. The standard InChI is InChI=1S/C48H95N2O6P/c1-6-8-10-12-14-16-18-20-21-22-23-24-25-26-27-28-30-32-34-36-38-40-42-48(52)49-46(45-56-57(53,54)55-44-43-50(3,4)5)47(51)41-39-37-35-33-31-29-19-17-15-13-11-9-7-2/h31,33,39,41,46-47,51H,6-30,32,34-38,40,42-45H2,1-5H3,(H-,49,52,53,54)/p+1/b33-31+,41-39+/t46-,47+/m0/s1. The minimum absolute atomic E-state index is 0.0583. The Labute approximate surface area is 354 Å². The third-order valence-electron chi connectivity index (χ3n) is 10.9. The van der Waals surface area contributed by atoms with Crippen LogP contribution in [0.15, 0.2) is 24.3 Å². The van der Waals surface area contributed by atoms with Gasteiger partial charge in [0, 0.05) is 6.42 Å². The molecule has 8 nitrogen and oxygen atoms in total. The number of carbonyl (C=O) groups excluding carboxylic acids is 1. The zero-order valence-electron chi connectivity index (χ0n) is 38.3. The van der Waals surface area contributed by atoms with Gasteiger partial charge in [-0.2, -0.15) is 0 Å². The minimum Gasteiger partial charge on any atom is -0.387 e. The highest BCUT2D eigenvalue weighted by molar-refractivity contribution is 7.47. The van der Waals surface area contributed by atoms with Gasteiger partial charge in [-0.15, -0.1) is 0 Å². The summed E-state index contributed by atoms with van der Waals surface area (Å²) < 4.78 is 23.6. The molecule has 0 spiro atoms. The second kappa shape index (κ2) is 40.4. The zero-order valence-corrected chi connectivity index (χ0v) is 39.2. The predicted molar refractivity (Wildman–Crippen MR) is 245 cm³/mol. The van der Waals surface area contributed by atoms with Crippen molar-refractivity contribution in [2.75, 3.05) is 40.9 Å². The van der Waals surface area contributed by atoms with Crippen LogP contribution in [-0.4, -0.2) is 73.4 Å². The van der Waals surface area contributed by atoms with Crippen molar-refractivity contribution in [1.82, 2.24) is 5.32 Å². The van der Waals surface area contributed by atoms with Gasteiger partial charge in [0.2, 0.25) is 5.91 Å². The SMILES string of the molecule is CCCCCCCCC/C=C/CC/C=C/[C@@H](O)[C@H](COP(=O)(O)OCC[N+](C)(C)C)NC(=O)CCCCCCCCCCCCCCCCCCCCCCCC. The molecule has 0 heterocycles. The molecule has 0 saturated carbocycles. The summed E-state index contributed by atoms with van der Waals surface area (Å²) in [6.45, 7) is 4.80. The number of likely N-dealkylation sites (N-methyl/N-ethyl adjacent to an activating group) is 1. The van der Waals surface area contributed by atoms with Crippen LogP contribution in [0.3, 0.4) is 0 Å². The summed E-state index contributed by atoms with van der Waals surface area (Å²) in [6, 6.07) is -0.858. The Kier molecular flexibility index (Phi) is 39.7. The average Bonchev–Trinajstić information content (AvgIpc) is 3.16. The van der Waals surface area contributed by atoms with Gasteiger partial charge in [-0.3, -0.25) is 13.8 Å². The molecule has 1 unspecified atom stereocenters. The van der Waals surface area contributed by atoms with E-state index in [9.17, 15) is 19.4 Å². The molecule has 0 aliphatic rings. The number of phosphoric acid groups is 1.